The molecule has 1 aliphatic rings. The minimum atomic E-state index is -4.60. The van der Waals surface area contributed by atoms with Crippen LogP contribution in [0.3, 0.4) is 0 Å². The lowest BCUT2D eigenvalue weighted by atomic mass is 10.2. The molecule has 0 radical (unpaired) electrons. The van der Waals surface area contributed by atoms with Crippen molar-refractivity contribution in [3.63, 3.8) is 0 Å². The molecule has 0 aromatic carbocycles. The summed E-state index contributed by atoms with van der Waals surface area (Å²) in [6.07, 6.45) is -2.43. The second-order valence-electron chi connectivity index (χ2n) is 3.74. The van der Waals surface area contributed by atoms with Crippen LogP contribution in [0.25, 0.3) is 0 Å². The maximum Gasteiger partial charge on any atom is 0.420 e. The van der Waals surface area contributed by atoms with Gasteiger partial charge in [-0.05, 0) is 18.9 Å². The fourth-order valence-corrected chi connectivity index (χ4v) is 1.26. The highest BCUT2D eigenvalue weighted by atomic mass is 19.4. The molecule has 0 unspecified atom stereocenters. The van der Waals surface area contributed by atoms with Crippen molar-refractivity contribution in [1.29, 1.82) is 0 Å². The van der Waals surface area contributed by atoms with E-state index in [9.17, 15) is 18.0 Å². The Balaban J connectivity index is 2.39. The quantitative estimate of drug-likeness (QED) is 0.883. The number of rotatable bonds is 3. The van der Waals surface area contributed by atoms with E-state index >= 15 is 0 Å². The molecular formula is C10H9F3N2O2. The topological polar surface area (TPSA) is 65.2 Å². The molecule has 4 nitrogen and oxygen atoms in total. The summed E-state index contributed by atoms with van der Waals surface area (Å²) in [7, 11) is 0. The van der Waals surface area contributed by atoms with Crippen molar-refractivity contribution >= 4 is 5.91 Å². The highest BCUT2D eigenvalue weighted by Crippen LogP contribution is 2.38. The predicted octanol–water partition coefficient (Wildman–Crippen LogP) is 1.74. The summed E-state index contributed by atoms with van der Waals surface area (Å²) < 4.78 is 43.2. The number of hydrogen-bond acceptors (Lipinski definition) is 3. The van der Waals surface area contributed by atoms with E-state index in [1.165, 1.54) is 0 Å². The number of nitrogens with two attached hydrogens (primary N) is 1. The molecule has 1 fully saturated rings. The molecule has 0 spiro atoms. The van der Waals surface area contributed by atoms with Gasteiger partial charge in [-0.25, -0.2) is 4.98 Å². The monoisotopic (exact) mass is 246 g/mol. The number of carbonyl (C=O) groups excluding carboxylic acids is 1. The summed E-state index contributed by atoms with van der Waals surface area (Å²) in [6, 6.07) is 0.611. The van der Waals surface area contributed by atoms with Crippen LogP contribution in [-0.2, 0) is 6.18 Å². The molecule has 7 heteroatoms. The van der Waals surface area contributed by atoms with E-state index in [1.807, 2.05) is 0 Å². The van der Waals surface area contributed by atoms with Crippen molar-refractivity contribution in [1.82, 2.24) is 4.98 Å². The van der Waals surface area contributed by atoms with Gasteiger partial charge in [-0.15, -0.1) is 0 Å². The SMILES string of the molecule is NC(=O)c1cc(C(F)(F)F)c(OC2CC2)cn1. The number of alkyl halides is 3. The number of pyridine rings is 1. The first kappa shape index (κ1) is 11.7. The van der Waals surface area contributed by atoms with Crippen molar-refractivity contribution in [3.8, 4) is 5.75 Å². The smallest absolute Gasteiger partial charge is 0.420 e. The van der Waals surface area contributed by atoms with Crippen LogP contribution in [0.2, 0.25) is 0 Å². The molecule has 2 rings (SSSR count). The zero-order valence-corrected chi connectivity index (χ0v) is 8.62. The maximum absolute atomic E-state index is 12.7. The average Bonchev–Trinajstić information content (AvgIpc) is 3.00. The fraction of sp³-hybridized carbons (Fsp3) is 0.400. The summed E-state index contributed by atoms with van der Waals surface area (Å²) in [5, 5.41) is 0. The second-order valence-corrected chi connectivity index (χ2v) is 3.74. The number of carbonyl (C=O) groups is 1. The van der Waals surface area contributed by atoms with E-state index in [2.05, 4.69) is 4.98 Å². The van der Waals surface area contributed by atoms with Crippen LogP contribution in [0.5, 0.6) is 5.75 Å². The largest absolute Gasteiger partial charge is 0.488 e. The van der Waals surface area contributed by atoms with Gasteiger partial charge in [-0.1, -0.05) is 0 Å². The van der Waals surface area contributed by atoms with Gasteiger partial charge in [0.1, 0.15) is 17.0 Å². The van der Waals surface area contributed by atoms with Crippen LogP contribution in [0, 0.1) is 0 Å². The van der Waals surface area contributed by atoms with Crippen LogP contribution in [0.15, 0.2) is 12.3 Å². The third kappa shape index (κ3) is 2.66. The third-order valence-corrected chi connectivity index (χ3v) is 2.24. The van der Waals surface area contributed by atoms with Crippen molar-refractivity contribution < 1.29 is 22.7 Å². The van der Waals surface area contributed by atoms with E-state index in [0.717, 1.165) is 19.0 Å². The number of aromatic nitrogens is 1. The van der Waals surface area contributed by atoms with E-state index in [0.29, 0.717) is 6.07 Å². The highest BCUT2D eigenvalue weighted by molar-refractivity contribution is 5.91. The van der Waals surface area contributed by atoms with Crippen molar-refractivity contribution in [2.45, 2.75) is 25.1 Å². The van der Waals surface area contributed by atoms with Gasteiger partial charge in [-0.2, -0.15) is 13.2 Å². The zero-order valence-electron chi connectivity index (χ0n) is 8.62. The molecule has 0 saturated heterocycles. The number of nitrogens with zero attached hydrogens (tertiary/aromatic N) is 1. The molecule has 1 aromatic rings. The molecule has 1 heterocycles. The van der Waals surface area contributed by atoms with Gasteiger partial charge in [0, 0.05) is 0 Å². The molecule has 2 N–H and O–H groups in total. The first-order valence-corrected chi connectivity index (χ1v) is 4.91. The molecule has 0 atom stereocenters. The minimum absolute atomic E-state index is 0.183. The highest BCUT2D eigenvalue weighted by Gasteiger charge is 2.37. The molecule has 0 bridgehead atoms. The summed E-state index contributed by atoms with van der Waals surface area (Å²) in [5.41, 5.74) is 3.43. The summed E-state index contributed by atoms with van der Waals surface area (Å²) in [5.74, 6) is -1.36. The average molecular weight is 246 g/mol. The van der Waals surface area contributed by atoms with E-state index in [1.54, 1.807) is 0 Å². The summed E-state index contributed by atoms with van der Waals surface area (Å²) in [6.45, 7) is 0. The molecule has 92 valence electrons. The van der Waals surface area contributed by atoms with Crippen molar-refractivity contribution in [2.75, 3.05) is 0 Å². The standard InChI is InChI=1S/C10H9F3N2O2/c11-10(12,13)6-3-7(9(14)16)15-4-8(6)17-5-1-2-5/h3-5H,1-2H2,(H2,14,16). The van der Waals surface area contributed by atoms with Crippen molar-refractivity contribution in [2.24, 2.45) is 5.73 Å². The maximum atomic E-state index is 12.7. The lowest BCUT2D eigenvalue weighted by Crippen LogP contribution is -2.17. The summed E-state index contributed by atoms with van der Waals surface area (Å²) in [4.78, 5) is 14.3. The lowest BCUT2D eigenvalue weighted by molar-refractivity contribution is -0.139. The van der Waals surface area contributed by atoms with Gasteiger partial charge < -0.3 is 10.5 Å². The minimum Gasteiger partial charge on any atom is -0.488 e. The van der Waals surface area contributed by atoms with Gasteiger partial charge in [-0.3, -0.25) is 4.79 Å². The Kier molecular flexibility index (Phi) is 2.68. The zero-order chi connectivity index (χ0) is 12.6. The predicted molar refractivity (Wildman–Crippen MR) is 51.4 cm³/mol. The Bertz CT molecular complexity index is 455. The molecule has 1 amide bonds. The van der Waals surface area contributed by atoms with Crippen LogP contribution >= 0.6 is 0 Å². The Morgan fingerprint density at radius 1 is 1.47 bits per heavy atom. The first-order chi connectivity index (χ1) is 7.88. The van der Waals surface area contributed by atoms with Crippen LogP contribution in [0.4, 0.5) is 13.2 Å². The number of hydrogen-bond donors (Lipinski definition) is 1. The van der Waals surface area contributed by atoms with Crippen molar-refractivity contribution in [3.05, 3.63) is 23.5 Å². The van der Waals surface area contributed by atoms with Crippen LogP contribution in [0.1, 0.15) is 28.9 Å². The molecule has 1 saturated carbocycles. The Morgan fingerprint density at radius 3 is 2.59 bits per heavy atom. The molecular weight excluding hydrogens is 237 g/mol. The van der Waals surface area contributed by atoms with E-state index in [-0.39, 0.29) is 11.9 Å². The molecule has 1 aliphatic carbocycles. The van der Waals surface area contributed by atoms with Gasteiger partial charge >= 0.3 is 6.18 Å². The Labute approximate surface area is 94.6 Å². The van der Waals surface area contributed by atoms with E-state index in [4.69, 9.17) is 10.5 Å². The first-order valence-electron chi connectivity index (χ1n) is 4.91. The lowest BCUT2D eigenvalue weighted by Gasteiger charge is -2.13. The number of ether oxygens (including phenoxy) is 1. The Morgan fingerprint density at radius 2 is 2.12 bits per heavy atom. The van der Waals surface area contributed by atoms with Gasteiger partial charge in [0.05, 0.1) is 12.3 Å². The molecule has 1 aromatic heterocycles. The van der Waals surface area contributed by atoms with Gasteiger partial charge in [0.25, 0.3) is 5.91 Å². The normalized spacial score (nSPS) is 15.7. The number of amides is 1. The molecule has 17 heavy (non-hydrogen) atoms. The number of halogens is 3. The van der Waals surface area contributed by atoms with Crippen LogP contribution in [-0.4, -0.2) is 17.0 Å². The van der Waals surface area contributed by atoms with E-state index < -0.39 is 23.3 Å². The third-order valence-electron chi connectivity index (χ3n) is 2.24. The number of primary amides is 1. The fourth-order valence-electron chi connectivity index (χ4n) is 1.26. The van der Waals surface area contributed by atoms with Crippen LogP contribution < -0.4 is 10.5 Å². The second kappa shape index (κ2) is 3.90. The van der Waals surface area contributed by atoms with Gasteiger partial charge in [0.15, 0.2) is 0 Å². The Hall–Kier alpha value is -1.79. The summed E-state index contributed by atoms with van der Waals surface area (Å²) >= 11 is 0. The van der Waals surface area contributed by atoms with Gasteiger partial charge in [0.2, 0.25) is 0 Å². The molecule has 0 aliphatic heterocycles.